The Morgan fingerprint density at radius 2 is 1.83 bits per heavy atom. The number of anilines is 1. The van der Waals surface area contributed by atoms with Crippen molar-refractivity contribution in [1.82, 2.24) is 4.31 Å². The van der Waals surface area contributed by atoms with Gasteiger partial charge in [-0.25, -0.2) is 8.42 Å². The van der Waals surface area contributed by atoms with E-state index in [0.717, 1.165) is 49.3 Å². The summed E-state index contributed by atoms with van der Waals surface area (Å²) in [6.07, 6.45) is 8.85. The van der Waals surface area contributed by atoms with E-state index in [9.17, 15) is 13.2 Å². The number of nitrogens with zero attached hydrogens (tertiary/aromatic N) is 2. The van der Waals surface area contributed by atoms with Crippen molar-refractivity contribution < 1.29 is 17.9 Å². The Bertz CT molecular complexity index is 856. The molecule has 1 amide bonds. The normalized spacial score (nSPS) is 25.3. The van der Waals surface area contributed by atoms with Gasteiger partial charge in [0.15, 0.2) is 0 Å². The molecule has 1 saturated carbocycles. The SMILES string of the molecule is CCCCC1CCC(C(=O)N2CCc3cc(S(=O)(=O)N4CCOCC4)ccc32)CC1. The lowest BCUT2D eigenvalue weighted by Gasteiger charge is -2.31. The van der Waals surface area contributed by atoms with Crippen molar-refractivity contribution in [2.24, 2.45) is 11.8 Å². The number of rotatable bonds is 6. The molecule has 1 aromatic carbocycles. The van der Waals surface area contributed by atoms with E-state index in [2.05, 4.69) is 6.92 Å². The molecule has 0 bridgehead atoms. The fourth-order valence-corrected chi connectivity index (χ4v) is 6.57. The molecule has 2 aliphatic heterocycles. The minimum absolute atomic E-state index is 0.116. The Morgan fingerprint density at radius 3 is 2.53 bits per heavy atom. The molecule has 0 atom stereocenters. The highest BCUT2D eigenvalue weighted by Gasteiger charge is 2.34. The van der Waals surface area contributed by atoms with Crippen molar-refractivity contribution in [3.05, 3.63) is 23.8 Å². The molecule has 0 radical (unpaired) electrons. The number of hydrogen-bond donors (Lipinski definition) is 0. The van der Waals surface area contributed by atoms with Gasteiger partial charge in [-0.15, -0.1) is 0 Å². The third-order valence-corrected chi connectivity index (χ3v) is 8.88. The summed E-state index contributed by atoms with van der Waals surface area (Å²) in [6.45, 7) is 4.55. The average Bonchev–Trinajstić information content (AvgIpc) is 3.21. The molecule has 30 heavy (non-hydrogen) atoms. The second-order valence-electron chi connectivity index (χ2n) is 8.91. The summed E-state index contributed by atoms with van der Waals surface area (Å²) in [5, 5.41) is 0. The van der Waals surface area contributed by atoms with Crippen LogP contribution < -0.4 is 4.90 Å². The Morgan fingerprint density at radius 1 is 1.10 bits per heavy atom. The van der Waals surface area contributed by atoms with Gasteiger partial charge >= 0.3 is 0 Å². The summed E-state index contributed by atoms with van der Waals surface area (Å²) in [6, 6.07) is 5.27. The van der Waals surface area contributed by atoms with Gasteiger partial charge in [0, 0.05) is 31.2 Å². The van der Waals surface area contributed by atoms with Crippen molar-refractivity contribution >= 4 is 21.6 Å². The molecule has 2 fully saturated rings. The van der Waals surface area contributed by atoms with Crippen LogP contribution in [0.5, 0.6) is 0 Å². The number of unbranched alkanes of at least 4 members (excludes halogenated alkanes) is 1. The summed E-state index contributed by atoms with van der Waals surface area (Å²) in [4.78, 5) is 15.4. The van der Waals surface area contributed by atoms with Gasteiger partial charge in [-0.3, -0.25) is 4.79 Å². The van der Waals surface area contributed by atoms with Crippen molar-refractivity contribution in [1.29, 1.82) is 0 Å². The number of carbonyl (C=O) groups is 1. The Hall–Kier alpha value is -1.44. The molecule has 0 aromatic heterocycles. The van der Waals surface area contributed by atoms with Gasteiger partial charge in [-0.2, -0.15) is 4.31 Å². The topological polar surface area (TPSA) is 66.9 Å². The van der Waals surface area contributed by atoms with Crippen LogP contribution >= 0.6 is 0 Å². The summed E-state index contributed by atoms with van der Waals surface area (Å²) < 4.78 is 32.7. The molecule has 1 aliphatic carbocycles. The molecule has 4 rings (SSSR count). The lowest BCUT2D eigenvalue weighted by Crippen LogP contribution is -2.40. The fraction of sp³-hybridized carbons (Fsp3) is 0.696. The first-order chi connectivity index (χ1) is 14.5. The minimum Gasteiger partial charge on any atom is -0.379 e. The van der Waals surface area contributed by atoms with E-state index in [1.807, 2.05) is 11.0 Å². The first-order valence-corrected chi connectivity index (χ1v) is 13.0. The van der Waals surface area contributed by atoms with Crippen molar-refractivity contribution in [3.8, 4) is 0 Å². The number of carbonyl (C=O) groups excluding carboxylic acids is 1. The number of fused-ring (bicyclic) bond motifs is 1. The van der Waals surface area contributed by atoms with E-state index < -0.39 is 10.0 Å². The van der Waals surface area contributed by atoms with Gasteiger partial charge < -0.3 is 9.64 Å². The molecule has 0 unspecified atom stereocenters. The Balaban J connectivity index is 1.43. The summed E-state index contributed by atoms with van der Waals surface area (Å²) in [5.41, 5.74) is 1.86. The van der Waals surface area contributed by atoms with Crippen LogP contribution in [-0.4, -0.2) is 51.5 Å². The molecular weight excluding hydrogens is 400 g/mol. The summed E-state index contributed by atoms with van der Waals surface area (Å²) in [7, 11) is -3.51. The predicted molar refractivity (Wildman–Crippen MR) is 117 cm³/mol. The van der Waals surface area contributed by atoms with E-state index >= 15 is 0 Å². The van der Waals surface area contributed by atoms with Gasteiger partial charge in [0.05, 0.1) is 18.1 Å². The van der Waals surface area contributed by atoms with E-state index in [0.29, 0.717) is 37.7 Å². The number of benzene rings is 1. The average molecular weight is 435 g/mol. The lowest BCUT2D eigenvalue weighted by atomic mass is 9.79. The molecule has 7 heteroatoms. The van der Waals surface area contributed by atoms with Crippen molar-refractivity contribution in [3.63, 3.8) is 0 Å². The molecule has 1 saturated heterocycles. The van der Waals surface area contributed by atoms with Crippen LogP contribution in [0.4, 0.5) is 5.69 Å². The zero-order chi connectivity index (χ0) is 21.1. The maximum atomic E-state index is 13.2. The van der Waals surface area contributed by atoms with E-state index in [1.54, 1.807) is 12.1 Å². The van der Waals surface area contributed by atoms with Crippen molar-refractivity contribution in [2.45, 2.75) is 63.2 Å². The molecule has 2 heterocycles. The van der Waals surface area contributed by atoms with E-state index in [1.165, 1.54) is 23.6 Å². The maximum absolute atomic E-state index is 13.2. The van der Waals surface area contributed by atoms with Gasteiger partial charge in [-0.05, 0) is 61.8 Å². The molecule has 6 nitrogen and oxygen atoms in total. The van der Waals surface area contributed by atoms with Crippen LogP contribution in [0.15, 0.2) is 23.1 Å². The van der Waals surface area contributed by atoms with Crippen LogP contribution in [0.2, 0.25) is 0 Å². The number of morpholine rings is 1. The molecule has 166 valence electrons. The highest BCUT2D eigenvalue weighted by molar-refractivity contribution is 7.89. The Kier molecular flexibility index (Phi) is 6.80. The summed E-state index contributed by atoms with van der Waals surface area (Å²) in [5.74, 6) is 1.13. The first-order valence-electron chi connectivity index (χ1n) is 11.5. The third kappa shape index (κ3) is 4.43. The predicted octanol–water partition coefficient (Wildman–Crippen LogP) is 3.59. The van der Waals surface area contributed by atoms with E-state index in [-0.39, 0.29) is 11.8 Å². The van der Waals surface area contributed by atoms with Crippen molar-refractivity contribution in [2.75, 3.05) is 37.7 Å². The lowest BCUT2D eigenvalue weighted by molar-refractivity contribution is -0.123. The standard InChI is InChI=1S/C23H34N2O4S/c1-2-3-4-18-5-7-19(8-6-18)23(26)25-12-11-20-17-21(9-10-22(20)25)30(27,28)24-13-15-29-16-14-24/h9-10,17-19H,2-8,11-16H2,1H3. The molecular formula is C23H34N2O4S. The van der Waals surface area contributed by atoms with Gasteiger partial charge in [0.1, 0.15) is 0 Å². The van der Waals surface area contributed by atoms with Gasteiger partial charge in [0.25, 0.3) is 0 Å². The molecule has 0 N–H and O–H groups in total. The molecule has 0 spiro atoms. The monoisotopic (exact) mass is 434 g/mol. The van der Waals surface area contributed by atoms with E-state index in [4.69, 9.17) is 4.74 Å². The number of sulfonamides is 1. The zero-order valence-corrected chi connectivity index (χ0v) is 18.8. The Labute approximate surface area is 180 Å². The summed E-state index contributed by atoms with van der Waals surface area (Å²) >= 11 is 0. The minimum atomic E-state index is -3.51. The smallest absolute Gasteiger partial charge is 0.243 e. The number of ether oxygens (including phenoxy) is 1. The largest absolute Gasteiger partial charge is 0.379 e. The van der Waals surface area contributed by atoms with Crippen LogP contribution in [0, 0.1) is 11.8 Å². The number of amides is 1. The number of hydrogen-bond acceptors (Lipinski definition) is 4. The van der Waals surface area contributed by atoms with Gasteiger partial charge in [-0.1, -0.05) is 26.2 Å². The molecule has 1 aromatic rings. The van der Waals surface area contributed by atoms with Crippen LogP contribution in [0.1, 0.15) is 57.4 Å². The van der Waals surface area contributed by atoms with Crippen LogP contribution in [0.25, 0.3) is 0 Å². The highest BCUT2D eigenvalue weighted by Crippen LogP contribution is 2.37. The second kappa shape index (κ2) is 9.37. The maximum Gasteiger partial charge on any atom is 0.243 e. The third-order valence-electron chi connectivity index (χ3n) is 6.98. The van der Waals surface area contributed by atoms with Crippen LogP contribution in [-0.2, 0) is 26.0 Å². The second-order valence-corrected chi connectivity index (χ2v) is 10.8. The van der Waals surface area contributed by atoms with Crippen LogP contribution in [0.3, 0.4) is 0 Å². The zero-order valence-electron chi connectivity index (χ0n) is 18.0. The molecule has 3 aliphatic rings. The quantitative estimate of drug-likeness (QED) is 0.686. The fourth-order valence-electron chi connectivity index (χ4n) is 5.11. The first kappa shape index (κ1) is 21.8. The van der Waals surface area contributed by atoms with Gasteiger partial charge in [0.2, 0.25) is 15.9 Å². The highest BCUT2D eigenvalue weighted by atomic mass is 32.2.